The molecule has 0 aromatic carbocycles. The first-order valence-corrected chi connectivity index (χ1v) is 6.27. The summed E-state index contributed by atoms with van der Waals surface area (Å²) >= 11 is 0. The van der Waals surface area contributed by atoms with Crippen LogP contribution in [0.5, 0.6) is 0 Å². The van der Waals surface area contributed by atoms with Crippen molar-refractivity contribution in [2.75, 3.05) is 6.54 Å². The van der Waals surface area contributed by atoms with E-state index in [0.717, 1.165) is 5.76 Å². The fourth-order valence-corrected chi connectivity index (χ4v) is 1.45. The van der Waals surface area contributed by atoms with Gasteiger partial charge in [-0.25, -0.2) is 9.78 Å². The Bertz CT molecular complexity index is 394. The highest BCUT2D eigenvalue weighted by molar-refractivity contribution is 5.68. The highest BCUT2D eigenvalue weighted by atomic mass is 16.6. The maximum absolute atomic E-state index is 11.7. The van der Waals surface area contributed by atoms with Gasteiger partial charge in [0.1, 0.15) is 11.4 Å². The molecule has 6 heteroatoms. The van der Waals surface area contributed by atoms with Gasteiger partial charge < -0.3 is 19.8 Å². The zero-order valence-corrected chi connectivity index (χ0v) is 12.2. The first kappa shape index (κ1) is 15.5. The number of carbonyl (C=O) groups excluding carboxylic acids is 1. The van der Waals surface area contributed by atoms with E-state index in [9.17, 15) is 4.79 Å². The van der Waals surface area contributed by atoms with Crippen LogP contribution in [0.1, 0.15) is 40.4 Å². The fourth-order valence-electron chi connectivity index (χ4n) is 1.45. The summed E-state index contributed by atoms with van der Waals surface area (Å²) in [5, 5.41) is 6.02. The Labute approximate surface area is 113 Å². The van der Waals surface area contributed by atoms with Crippen LogP contribution < -0.4 is 10.6 Å². The number of amides is 1. The molecule has 0 radical (unpaired) electrons. The van der Waals surface area contributed by atoms with Crippen molar-refractivity contribution >= 4 is 6.09 Å². The van der Waals surface area contributed by atoms with Gasteiger partial charge in [0.25, 0.3) is 0 Å². The van der Waals surface area contributed by atoms with E-state index < -0.39 is 17.2 Å². The number of alkyl carbamates (subject to hydrolysis) is 1. The molecule has 19 heavy (non-hydrogen) atoms. The summed E-state index contributed by atoms with van der Waals surface area (Å²) in [6.07, 6.45) is 2.63. The molecular formula is C13H23N3O3. The van der Waals surface area contributed by atoms with Gasteiger partial charge in [0.2, 0.25) is 0 Å². The van der Waals surface area contributed by atoms with Gasteiger partial charge in [-0.1, -0.05) is 0 Å². The lowest BCUT2D eigenvalue weighted by Crippen LogP contribution is -2.51. The Morgan fingerprint density at radius 1 is 1.37 bits per heavy atom. The normalized spacial score (nSPS) is 12.3. The van der Waals surface area contributed by atoms with Crippen LogP contribution in [0.15, 0.2) is 17.0 Å². The Morgan fingerprint density at radius 3 is 2.58 bits per heavy atom. The largest absolute Gasteiger partial charge is 0.447 e. The van der Waals surface area contributed by atoms with Crippen molar-refractivity contribution in [3.05, 3.63) is 18.4 Å². The number of hydrogen-bond acceptors (Lipinski definition) is 5. The molecule has 0 saturated heterocycles. The first-order valence-electron chi connectivity index (χ1n) is 6.27. The fraction of sp³-hybridized carbons (Fsp3) is 0.692. The predicted molar refractivity (Wildman–Crippen MR) is 71.7 cm³/mol. The minimum Gasteiger partial charge on any atom is -0.447 e. The van der Waals surface area contributed by atoms with Crippen LogP contribution >= 0.6 is 0 Å². The first-order chi connectivity index (χ1) is 8.68. The van der Waals surface area contributed by atoms with Gasteiger partial charge in [0.15, 0.2) is 6.39 Å². The van der Waals surface area contributed by atoms with Crippen molar-refractivity contribution in [3.8, 4) is 0 Å². The summed E-state index contributed by atoms with van der Waals surface area (Å²) in [5.74, 6) is 0.757. The number of aromatic nitrogens is 1. The molecule has 0 saturated carbocycles. The van der Waals surface area contributed by atoms with E-state index in [2.05, 4.69) is 15.6 Å². The highest BCUT2D eigenvalue weighted by Gasteiger charge is 2.24. The Hall–Kier alpha value is -1.56. The Morgan fingerprint density at radius 2 is 2.05 bits per heavy atom. The molecule has 108 valence electrons. The third kappa shape index (κ3) is 6.81. The number of hydrogen-bond donors (Lipinski definition) is 2. The molecule has 0 aliphatic rings. The van der Waals surface area contributed by atoms with E-state index in [1.165, 1.54) is 6.39 Å². The minimum atomic E-state index is -0.493. The zero-order chi connectivity index (χ0) is 14.5. The monoisotopic (exact) mass is 269 g/mol. The van der Waals surface area contributed by atoms with E-state index in [4.69, 9.17) is 9.15 Å². The number of ether oxygens (including phenoxy) is 1. The van der Waals surface area contributed by atoms with Gasteiger partial charge in [0.05, 0.1) is 18.3 Å². The van der Waals surface area contributed by atoms with Gasteiger partial charge >= 0.3 is 6.09 Å². The van der Waals surface area contributed by atoms with E-state index >= 15 is 0 Å². The summed E-state index contributed by atoms with van der Waals surface area (Å²) in [4.78, 5) is 15.5. The maximum atomic E-state index is 11.7. The van der Waals surface area contributed by atoms with Gasteiger partial charge in [0, 0.05) is 6.54 Å². The summed E-state index contributed by atoms with van der Waals surface area (Å²) in [5.41, 5.74) is -0.907. The molecule has 0 bridgehead atoms. The quantitative estimate of drug-likeness (QED) is 0.855. The number of nitrogens with zero attached hydrogens (tertiary/aromatic N) is 1. The van der Waals surface area contributed by atoms with Gasteiger partial charge in [-0.3, -0.25) is 0 Å². The second kappa shape index (κ2) is 6.06. The average molecular weight is 269 g/mol. The average Bonchev–Trinajstić information content (AvgIpc) is 2.65. The number of oxazole rings is 1. The molecule has 0 fully saturated rings. The molecule has 0 aliphatic heterocycles. The van der Waals surface area contributed by atoms with Crippen LogP contribution in [0.2, 0.25) is 0 Å². The van der Waals surface area contributed by atoms with Crippen LogP contribution in [-0.4, -0.2) is 28.8 Å². The Balaban J connectivity index is 2.32. The van der Waals surface area contributed by atoms with E-state index in [1.54, 1.807) is 6.20 Å². The summed E-state index contributed by atoms with van der Waals surface area (Å²) in [7, 11) is 0. The molecule has 1 rings (SSSR count). The molecule has 0 aliphatic carbocycles. The lowest BCUT2D eigenvalue weighted by molar-refractivity contribution is 0.0472. The van der Waals surface area contributed by atoms with Crippen LogP contribution in [0.4, 0.5) is 4.79 Å². The molecule has 1 heterocycles. The van der Waals surface area contributed by atoms with Crippen molar-refractivity contribution < 1.29 is 13.9 Å². The van der Waals surface area contributed by atoms with E-state index in [-0.39, 0.29) is 0 Å². The summed E-state index contributed by atoms with van der Waals surface area (Å²) in [6, 6.07) is 0. The van der Waals surface area contributed by atoms with E-state index in [0.29, 0.717) is 13.1 Å². The van der Waals surface area contributed by atoms with Crippen LogP contribution in [0, 0.1) is 0 Å². The lowest BCUT2D eigenvalue weighted by atomic mass is 10.1. The lowest BCUT2D eigenvalue weighted by Gasteiger charge is -2.28. The molecule has 2 N–H and O–H groups in total. The van der Waals surface area contributed by atoms with Crippen molar-refractivity contribution in [1.82, 2.24) is 15.6 Å². The second-order valence-electron chi connectivity index (χ2n) is 6.08. The molecule has 6 nitrogen and oxygen atoms in total. The smallest absolute Gasteiger partial charge is 0.408 e. The van der Waals surface area contributed by atoms with Crippen LogP contribution in [0.3, 0.4) is 0 Å². The molecular weight excluding hydrogens is 246 g/mol. The van der Waals surface area contributed by atoms with Crippen LogP contribution in [0.25, 0.3) is 0 Å². The molecule has 1 amide bonds. The Kier molecular flexibility index (Phi) is 4.94. The standard InChI is InChI=1S/C13H23N3O3/c1-12(2,3)19-11(17)16-13(4,5)8-14-6-10-7-15-9-18-10/h7,9,14H,6,8H2,1-5H3,(H,16,17). The predicted octanol–water partition coefficient (Wildman–Crippen LogP) is 2.07. The second-order valence-corrected chi connectivity index (χ2v) is 6.08. The van der Waals surface area contributed by atoms with Gasteiger partial charge in [-0.05, 0) is 34.6 Å². The SMILES string of the molecule is CC(C)(CNCc1cnco1)NC(=O)OC(C)(C)C. The van der Waals surface area contributed by atoms with Crippen molar-refractivity contribution in [1.29, 1.82) is 0 Å². The molecule has 1 aromatic rings. The number of carbonyl (C=O) groups is 1. The van der Waals surface area contributed by atoms with Gasteiger partial charge in [-0.15, -0.1) is 0 Å². The van der Waals surface area contributed by atoms with Crippen molar-refractivity contribution in [2.24, 2.45) is 0 Å². The molecule has 0 atom stereocenters. The zero-order valence-electron chi connectivity index (χ0n) is 12.2. The van der Waals surface area contributed by atoms with Crippen molar-refractivity contribution in [3.63, 3.8) is 0 Å². The van der Waals surface area contributed by atoms with Crippen molar-refractivity contribution in [2.45, 2.75) is 52.3 Å². The minimum absolute atomic E-state index is 0.414. The third-order valence-corrected chi connectivity index (χ3v) is 2.19. The number of rotatable bonds is 5. The van der Waals surface area contributed by atoms with Crippen LogP contribution in [-0.2, 0) is 11.3 Å². The van der Waals surface area contributed by atoms with Gasteiger partial charge in [-0.2, -0.15) is 0 Å². The summed E-state index contributed by atoms with van der Waals surface area (Å²) < 4.78 is 10.3. The summed E-state index contributed by atoms with van der Waals surface area (Å²) in [6.45, 7) is 10.5. The maximum Gasteiger partial charge on any atom is 0.408 e. The molecule has 1 aromatic heterocycles. The van der Waals surface area contributed by atoms with E-state index in [1.807, 2.05) is 34.6 Å². The molecule has 0 spiro atoms. The number of nitrogens with one attached hydrogen (secondary N) is 2. The molecule has 0 unspecified atom stereocenters. The topological polar surface area (TPSA) is 76.4 Å². The highest BCUT2D eigenvalue weighted by Crippen LogP contribution is 2.09. The third-order valence-electron chi connectivity index (χ3n) is 2.19.